The Hall–Kier alpha value is -2.86. The molecular weight excluding hydrogens is 244 g/mol. The number of benzene rings is 1. The third-order valence-electron chi connectivity index (χ3n) is 2.55. The van der Waals surface area contributed by atoms with E-state index in [0.717, 1.165) is 4.90 Å². The number of carbonyl (C=O) groups excluding carboxylic acids is 2. The van der Waals surface area contributed by atoms with Crippen LogP contribution >= 0.6 is 0 Å². The summed E-state index contributed by atoms with van der Waals surface area (Å²) in [7, 11) is 0. The highest BCUT2D eigenvalue weighted by Gasteiger charge is 2.24. The van der Waals surface area contributed by atoms with Crippen LogP contribution in [0.3, 0.4) is 0 Å². The predicted octanol–water partition coefficient (Wildman–Crippen LogP) is 1.26. The molecule has 0 aliphatic rings. The highest BCUT2D eigenvalue weighted by Crippen LogP contribution is 2.25. The topological polar surface area (TPSA) is 111 Å². The summed E-state index contributed by atoms with van der Waals surface area (Å²) in [6, 6.07) is 8.17. The lowest BCUT2D eigenvalue weighted by molar-refractivity contribution is -0.125. The summed E-state index contributed by atoms with van der Waals surface area (Å²) >= 11 is 0. The molecule has 19 heavy (non-hydrogen) atoms. The molecule has 0 radical (unpaired) electrons. The summed E-state index contributed by atoms with van der Waals surface area (Å²) in [5, 5.41) is 17.1. The lowest BCUT2D eigenvalue weighted by atomic mass is 10.1. The van der Waals surface area contributed by atoms with E-state index < -0.39 is 24.7 Å². The quantitative estimate of drug-likeness (QED) is 0.818. The van der Waals surface area contributed by atoms with Gasteiger partial charge in [0, 0.05) is 5.69 Å². The molecular formula is C13H12N4O2. The maximum absolute atomic E-state index is 11.9. The van der Waals surface area contributed by atoms with E-state index in [0.29, 0.717) is 16.9 Å². The van der Waals surface area contributed by atoms with Crippen LogP contribution in [0.25, 0.3) is 0 Å². The van der Waals surface area contributed by atoms with Gasteiger partial charge >= 0.3 is 0 Å². The minimum atomic E-state index is -0.670. The van der Waals surface area contributed by atoms with Gasteiger partial charge in [0.05, 0.1) is 17.8 Å². The molecule has 0 bridgehead atoms. The summed E-state index contributed by atoms with van der Waals surface area (Å²) in [5.74, 6) is -1.34. The number of imide groups is 1. The van der Waals surface area contributed by atoms with Crippen molar-refractivity contribution in [3.8, 4) is 12.1 Å². The first-order valence-electron chi connectivity index (χ1n) is 5.47. The van der Waals surface area contributed by atoms with Crippen molar-refractivity contribution in [2.24, 2.45) is 0 Å². The average molecular weight is 256 g/mol. The molecule has 0 unspecified atom stereocenters. The van der Waals surface area contributed by atoms with Crippen LogP contribution in [0.15, 0.2) is 18.2 Å². The van der Waals surface area contributed by atoms with Gasteiger partial charge in [0.1, 0.15) is 12.8 Å². The highest BCUT2D eigenvalue weighted by atomic mass is 16.2. The van der Waals surface area contributed by atoms with Crippen LogP contribution in [-0.4, -0.2) is 11.8 Å². The van der Waals surface area contributed by atoms with Gasteiger partial charge in [-0.05, 0) is 24.6 Å². The van der Waals surface area contributed by atoms with E-state index in [9.17, 15) is 9.59 Å². The van der Waals surface area contributed by atoms with Crippen molar-refractivity contribution in [1.29, 1.82) is 10.5 Å². The molecule has 96 valence electrons. The van der Waals surface area contributed by atoms with Gasteiger partial charge in [0.2, 0.25) is 11.8 Å². The number of hydrogen-bond acceptors (Lipinski definition) is 5. The van der Waals surface area contributed by atoms with Crippen LogP contribution in [0, 0.1) is 29.6 Å². The number of nitrogens with zero attached hydrogens (tertiary/aromatic N) is 3. The summed E-state index contributed by atoms with van der Waals surface area (Å²) in [4.78, 5) is 24.6. The van der Waals surface area contributed by atoms with Crippen LogP contribution in [0.1, 0.15) is 18.4 Å². The fourth-order valence-corrected chi connectivity index (χ4v) is 1.58. The lowest BCUT2D eigenvalue weighted by Gasteiger charge is -2.21. The molecule has 1 aromatic rings. The standard InChI is InChI=1S/C13H12N4O2/c1-9-10(16)3-2-4-11(9)17(12(18)5-7-14)13(19)6-8-15/h2-4H,5-6,16H2,1H3. The Bertz CT molecular complexity index is 568. The van der Waals surface area contributed by atoms with Gasteiger partial charge in [-0.1, -0.05) is 6.07 Å². The fraction of sp³-hybridized carbons (Fsp3) is 0.231. The second-order valence-corrected chi connectivity index (χ2v) is 3.78. The zero-order valence-electron chi connectivity index (χ0n) is 10.4. The Morgan fingerprint density at radius 3 is 2.21 bits per heavy atom. The Morgan fingerprint density at radius 1 is 1.21 bits per heavy atom. The number of carbonyl (C=O) groups is 2. The molecule has 0 aromatic heterocycles. The SMILES string of the molecule is Cc1c(N)cccc1N(C(=O)CC#N)C(=O)CC#N. The molecule has 0 aliphatic carbocycles. The second kappa shape index (κ2) is 6.18. The minimum absolute atomic E-state index is 0.306. The normalized spacial score (nSPS) is 9.21. The van der Waals surface area contributed by atoms with E-state index in [1.54, 1.807) is 37.3 Å². The van der Waals surface area contributed by atoms with Crippen LogP contribution in [0.4, 0.5) is 11.4 Å². The van der Waals surface area contributed by atoms with Gasteiger partial charge in [-0.25, -0.2) is 4.90 Å². The first kappa shape index (κ1) is 14.2. The molecule has 1 rings (SSSR count). The van der Waals surface area contributed by atoms with Gasteiger partial charge in [0.15, 0.2) is 0 Å². The molecule has 2 N–H and O–H groups in total. The second-order valence-electron chi connectivity index (χ2n) is 3.78. The number of rotatable bonds is 3. The molecule has 0 aliphatic heterocycles. The van der Waals surface area contributed by atoms with E-state index in [1.807, 2.05) is 0 Å². The monoisotopic (exact) mass is 256 g/mol. The Labute approximate surface area is 110 Å². The van der Waals surface area contributed by atoms with E-state index in [-0.39, 0.29) is 0 Å². The number of amides is 2. The maximum Gasteiger partial charge on any atom is 0.248 e. The summed E-state index contributed by atoms with van der Waals surface area (Å²) in [6.07, 6.45) is -0.878. The van der Waals surface area contributed by atoms with Crippen molar-refractivity contribution in [3.05, 3.63) is 23.8 Å². The predicted molar refractivity (Wildman–Crippen MR) is 68.5 cm³/mol. The number of anilines is 2. The van der Waals surface area contributed by atoms with Crippen LogP contribution in [-0.2, 0) is 9.59 Å². The zero-order chi connectivity index (χ0) is 14.4. The lowest BCUT2D eigenvalue weighted by Crippen LogP contribution is -2.37. The van der Waals surface area contributed by atoms with Gasteiger partial charge in [-0.2, -0.15) is 10.5 Å². The molecule has 1 aromatic carbocycles. The number of nitrogen functional groups attached to an aromatic ring is 1. The molecule has 0 fully saturated rings. The number of hydrogen-bond donors (Lipinski definition) is 1. The average Bonchev–Trinajstić information content (AvgIpc) is 2.35. The third kappa shape index (κ3) is 3.08. The van der Waals surface area contributed by atoms with Crippen molar-refractivity contribution in [1.82, 2.24) is 0 Å². The van der Waals surface area contributed by atoms with Crippen LogP contribution in [0.2, 0.25) is 0 Å². The Kier molecular flexibility index (Phi) is 4.62. The third-order valence-corrected chi connectivity index (χ3v) is 2.55. The Balaban J connectivity index is 3.28. The fourth-order valence-electron chi connectivity index (χ4n) is 1.58. The minimum Gasteiger partial charge on any atom is -0.398 e. The Morgan fingerprint density at radius 2 is 1.74 bits per heavy atom. The van der Waals surface area contributed by atoms with Gasteiger partial charge in [-0.15, -0.1) is 0 Å². The molecule has 2 amide bonds. The van der Waals surface area contributed by atoms with Crippen molar-refractivity contribution >= 4 is 23.2 Å². The highest BCUT2D eigenvalue weighted by molar-refractivity contribution is 6.16. The van der Waals surface area contributed by atoms with E-state index >= 15 is 0 Å². The first-order chi connectivity index (χ1) is 9.02. The van der Waals surface area contributed by atoms with Crippen molar-refractivity contribution in [2.75, 3.05) is 10.6 Å². The number of nitriles is 2. The van der Waals surface area contributed by atoms with E-state index in [4.69, 9.17) is 16.3 Å². The van der Waals surface area contributed by atoms with Crippen molar-refractivity contribution < 1.29 is 9.59 Å². The van der Waals surface area contributed by atoms with Crippen molar-refractivity contribution in [3.63, 3.8) is 0 Å². The van der Waals surface area contributed by atoms with Crippen molar-refractivity contribution in [2.45, 2.75) is 19.8 Å². The molecule has 0 atom stereocenters. The summed E-state index contributed by atoms with van der Waals surface area (Å²) in [5.41, 5.74) is 7.02. The smallest absolute Gasteiger partial charge is 0.248 e. The molecule has 0 spiro atoms. The number of nitrogens with two attached hydrogens (primary N) is 1. The van der Waals surface area contributed by atoms with Crippen LogP contribution < -0.4 is 10.6 Å². The maximum atomic E-state index is 11.9. The van der Waals surface area contributed by atoms with Gasteiger partial charge in [0.25, 0.3) is 0 Å². The summed E-state index contributed by atoms with van der Waals surface area (Å²) in [6.45, 7) is 1.66. The largest absolute Gasteiger partial charge is 0.398 e. The van der Waals surface area contributed by atoms with Crippen LogP contribution in [0.5, 0.6) is 0 Å². The zero-order valence-corrected chi connectivity index (χ0v) is 10.4. The molecule has 0 saturated carbocycles. The summed E-state index contributed by atoms with van der Waals surface area (Å²) < 4.78 is 0. The first-order valence-corrected chi connectivity index (χ1v) is 5.47. The molecule has 0 heterocycles. The van der Waals surface area contributed by atoms with E-state index in [1.165, 1.54) is 0 Å². The van der Waals surface area contributed by atoms with E-state index in [2.05, 4.69) is 0 Å². The molecule has 6 heteroatoms. The molecule has 0 saturated heterocycles. The molecule has 6 nitrogen and oxygen atoms in total. The van der Waals surface area contributed by atoms with Gasteiger partial charge < -0.3 is 5.73 Å². The van der Waals surface area contributed by atoms with Gasteiger partial charge in [-0.3, -0.25) is 9.59 Å².